The summed E-state index contributed by atoms with van der Waals surface area (Å²) in [5, 5.41) is 4.81. The highest BCUT2D eigenvalue weighted by atomic mass is 32.2. The minimum atomic E-state index is -0.513. The normalized spacial score (nSPS) is 13.2. The van der Waals surface area contributed by atoms with Gasteiger partial charge in [-0.1, -0.05) is 182 Å². The van der Waals surface area contributed by atoms with Crippen LogP contribution in [0.1, 0.15) is 22.3 Å². The molecule has 0 saturated carbocycles. The van der Waals surface area contributed by atoms with E-state index < -0.39 is 5.41 Å². The quantitative estimate of drug-likeness (QED) is 0.172. The number of fused-ring (bicyclic) bond motifs is 14. The highest BCUT2D eigenvalue weighted by Crippen LogP contribution is 2.63. The molecule has 0 amide bonds. The van der Waals surface area contributed by atoms with E-state index in [1.807, 2.05) is 23.9 Å². The Kier molecular flexibility index (Phi) is 7.79. The smallest absolute Gasteiger partial charge is 0.143 e. The number of benzene rings is 10. The summed E-state index contributed by atoms with van der Waals surface area (Å²) < 4.78 is 6.49. The van der Waals surface area contributed by atoms with Crippen LogP contribution in [-0.2, 0) is 5.41 Å². The van der Waals surface area contributed by atoms with Crippen LogP contribution in [0, 0.1) is 0 Å². The summed E-state index contributed by atoms with van der Waals surface area (Å²) >= 11 is 1.88. The van der Waals surface area contributed by atoms with E-state index in [0.29, 0.717) is 0 Å². The summed E-state index contributed by atoms with van der Waals surface area (Å²) in [7, 11) is 0. The second kappa shape index (κ2) is 13.7. The molecule has 1 spiro atoms. The van der Waals surface area contributed by atoms with E-state index in [9.17, 15) is 0 Å². The lowest BCUT2D eigenvalue weighted by atomic mass is 9.67. The summed E-state index contributed by atoms with van der Waals surface area (Å²) in [5.74, 6) is 0. The van der Waals surface area contributed by atoms with Gasteiger partial charge in [0.1, 0.15) is 11.2 Å². The third-order valence-corrected chi connectivity index (χ3v) is 14.3. The number of hydrogen-bond donors (Lipinski definition) is 0. The monoisotopic (exact) mass is 807 g/mol. The van der Waals surface area contributed by atoms with Gasteiger partial charge in [-0.05, 0) is 115 Å². The van der Waals surface area contributed by atoms with Crippen LogP contribution in [0.15, 0.2) is 239 Å². The van der Waals surface area contributed by atoms with Gasteiger partial charge in [-0.25, -0.2) is 0 Å². The van der Waals surface area contributed by atoms with Gasteiger partial charge in [-0.15, -0.1) is 0 Å². The average Bonchev–Trinajstić information content (AvgIpc) is 3.87. The van der Waals surface area contributed by atoms with Gasteiger partial charge in [0.25, 0.3) is 0 Å². The maximum atomic E-state index is 6.49. The predicted molar refractivity (Wildman–Crippen MR) is 258 cm³/mol. The third kappa shape index (κ3) is 5.12. The Labute approximate surface area is 364 Å². The average molecular weight is 808 g/mol. The molecule has 1 aromatic heterocycles. The first-order valence-electron chi connectivity index (χ1n) is 21.2. The molecule has 3 heteroatoms. The number of anilines is 3. The van der Waals surface area contributed by atoms with Gasteiger partial charge < -0.3 is 9.32 Å². The zero-order valence-corrected chi connectivity index (χ0v) is 34.4. The first-order chi connectivity index (χ1) is 30.7. The Balaban J connectivity index is 1.03. The maximum Gasteiger partial charge on any atom is 0.143 e. The molecule has 290 valence electrons. The number of nitrogens with zero attached hydrogens (tertiary/aromatic N) is 1. The molecule has 0 unspecified atom stereocenters. The van der Waals surface area contributed by atoms with Gasteiger partial charge in [0.05, 0.1) is 5.41 Å². The molecule has 0 fully saturated rings. The van der Waals surface area contributed by atoms with Crippen LogP contribution in [0.25, 0.3) is 66.1 Å². The van der Waals surface area contributed by atoms with Crippen LogP contribution in [0.2, 0.25) is 0 Å². The molecule has 0 N–H and O–H groups in total. The largest absolute Gasteiger partial charge is 0.455 e. The fraction of sp³-hybridized carbons (Fsp3) is 0.0169. The lowest BCUT2D eigenvalue weighted by Gasteiger charge is -2.40. The van der Waals surface area contributed by atoms with E-state index in [0.717, 1.165) is 50.1 Å². The first kappa shape index (κ1) is 35.2. The molecule has 0 radical (unpaired) electrons. The fourth-order valence-electron chi connectivity index (χ4n) is 10.4. The Bertz CT molecular complexity index is 3500. The molecule has 10 aromatic carbocycles. The minimum absolute atomic E-state index is 0.513. The van der Waals surface area contributed by atoms with E-state index in [4.69, 9.17) is 4.42 Å². The zero-order chi connectivity index (χ0) is 40.8. The molecule has 1 aliphatic heterocycles. The number of hydrogen-bond acceptors (Lipinski definition) is 3. The summed E-state index contributed by atoms with van der Waals surface area (Å²) in [6.07, 6.45) is 0. The molecule has 2 nitrogen and oxygen atoms in total. The van der Waals surface area contributed by atoms with Crippen LogP contribution < -0.4 is 4.90 Å². The van der Waals surface area contributed by atoms with Crippen LogP contribution in [0.4, 0.5) is 17.1 Å². The van der Waals surface area contributed by atoms with E-state index in [1.54, 1.807) is 0 Å². The van der Waals surface area contributed by atoms with Crippen LogP contribution >= 0.6 is 11.8 Å². The maximum absolute atomic E-state index is 6.49. The highest BCUT2D eigenvalue weighted by Gasteiger charge is 2.50. The topological polar surface area (TPSA) is 16.4 Å². The number of rotatable bonds is 5. The molecule has 0 bridgehead atoms. The lowest BCUT2D eigenvalue weighted by molar-refractivity contribution is 0.670. The van der Waals surface area contributed by atoms with E-state index in [2.05, 4.69) is 217 Å². The van der Waals surface area contributed by atoms with Crippen LogP contribution in [0.5, 0.6) is 0 Å². The van der Waals surface area contributed by atoms with Gasteiger partial charge in [0.2, 0.25) is 0 Å². The lowest BCUT2D eigenvalue weighted by Crippen LogP contribution is -2.32. The summed E-state index contributed by atoms with van der Waals surface area (Å²) in [6.45, 7) is 0. The molecule has 13 rings (SSSR count). The van der Waals surface area contributed by atoms with Crippen LogP contribution in [0.3, 0.4) is 0 Å². The van der Waals surface area contributed by atoms with Gasteiger partial charge in [0, 0.05) is 43.2 Å². The van der Waals surface area contributed by atoms with Crippen molar-refractivity contribution in [1.82, 2.24) is 0 Å². The number of para-hydroxylation sites is 2. The van der Waals surface area contributed by atoms with Crippen molar-refractivity contribution in [2.75, 3.05) is 4.90 Å². The molecule has 0 atom stereocenters. The summed E-state index contributed by atoms with van der Waals surface area (Å²) in [5.41, 5.74) is 17.1. The molecular formula is C59H37NOS. The number of furan rings is 1. The second-order valence-electron chi connectivity index (χ2n) is 16.4. The van der Waals surface area contributed by atoms with Crippen molar-refractivity contribution in [3.63, 3.8) is 0 Å². The predicted octanol–water partition coefficient (Wildman–Crippen LogP) is 16.4. The Morgan fingerprint density at radius 3 is 1.73 bits per heavy atom. The van der Waals surface area contributed by atoms with Crippen molar-refractivity contribution in [3.8, 4) is 33.4 Å². The van der Waals surface area contributed by atoms with Crippen molar-refractivity contribution < 1.29 is 4.42 Å². The highest BCUT2D eigenvalue weighted by molar-refractivity contribution is 7.99. The molecule has 0 saturated heterocycles. The van der Waals surface area contributed by atoms with Crippen LogP contribution in [-0.4, -0.2) is 0 Å². The second-order valence-corrected chi connectivity index (χ2v) is 17.4. The van der Waals surface area contributed by atoms with Crippen molar-refractivity contribution in [2.24, 2.45) is 0 Å². The molecular weight excluding hydrogens is 771 g/mol. The molecule has 2 heterocycles. The molecule has 2 aliphatic rings. The minimum Gasteiger partial charge on any atom is -0.455 e. The van der Waals surface area contributed by atoms with Crippen molar-refractivity contribution in [2.45, 2.75) is 15.2 Å². The Hall–Kier alpha value is -7.59. The Morgan fingerprint density at radius 2 is 0.968 bits per heavy atom. The Morgan fingerprint density at radius 1 is 0.371 bits per heavy atom. The summed E-state index contributed by atoms with van der Waals surface area (Å²) in [4.78, 5) is 5.02. The zero-order valence-electron chi connectivity index (χ0n) is 33.6. The van der Waals surface area contributed by atoms with E-state index in [1.165, 1.54) is 65.1 Å². The van der Waals surface area contributed by atoms with Gasteiger partial charge in [0.15, 0.2) is 0 Å². The van der Waals surface area contributed by atoms with Gasteiger partial charge in [-0.3, -0.25) is 0 Å². The fourth-order valence-corrected chi connectivity index (χ4v) is 11.6. The van der Waals surface area contributed by atoms with Gasteiger partial charge >= 0.3 is 0 Å². The van der Waals surface area contributed by atoms with Crippen molar-refractivity contribution in [3.05, 3.63) is 247 Å². The standard InChI is InChI=1S/C59H37NOS/c1-2-13-38(14-3-1)39-25-30-42(31-26-39)60(43-32-27-41(28-33-43)46-18-12-19-48-47-17-6-9-22-54(47)61-58(46)48)44-34-35-49-53(37-44)59(52-36-29-40-15-4-5-16-45(40)57(49)52)50-20-7-10-23-55(50)62-56-24-11-8-21-51(56)59/h1-37H. The molecule has 11 aromatic rings. The summed E-state index contributed by atoms with van der Waals surface area (Å²) in [6, 6.07) is 82.3. The first-order valence-corrected chi connectivity index (χ1v) is 22.1. The van der Waals surface area contributed by atoms with Crippen molar-refractivity contribution in [1.29, 1.82) is 0 Å². The third-order valence-electron chi connectivity index (χ3n) is 13.1. The SMILES string of the molecule is c1ccc(-c2ccc(N(c3ccc(-c4cccc5c4oc4ccccc45)cc3)c3ccc4c(c3)C3(c5ccccc5Sc5ccccc53)c3ccc5ccccc5c3-4)cc2)cc1. The van der Waals surface area contributed by atoms with E-state index in [-0.39, 0.29) is 0 Å². The van der Waals surface area contributed by atoms with Gasteiger partial charge in [-0.2, -0.15) is 0 Å². The van der Waals surface area contributed by atoms with Crippen molar-refractivity contribution >= 4 is 61.5 Å². The van der Waals surface area contributed by atoms with E-state index >= 15 is 0 Å². The molecule has 1 aliphatic carbocycles. The molecule has 62 heavy (non-hydrogen) atoms.